The van der Waals surface area contributed by atoms with Crippen LogP contribution in [0, 0.1) is 0 Å². The van der Waals surface area contributed by atoms with Crippen LogP contribution in [0.5, 0.6) is 5.75 Å². The largest absolute Gasteiger partial charge is 0.493 e. The van der Waals surface area contributed by atoms with Gasteiger partial charge in [0, 0.05) is 37.5 Å². The van der Waals surface area contributed by atoms with Crippen molar-refractivity contribution in [2.75, 3.05) is 18.6 Å². The van der Waals surface area contributed by atoms with Crippen molar-refractivity contribution in [2.24, 2.45) is 0 Å². The van der Waals surface area contributed by atoms with Crippen LogP contribution in [0.1, 0.15) is 36.7 Å². The summed E-state index contributed by atoms with van der Waals surface area (Å²) in [6.07, 6.45) is 1.02. The molecular formula is C15H19N3OS. The second-order valence-corrected chi connectivity index (χ2v) is 6.22. The molecule has 0 amide bonds. The van der Waals surface area contributed by atoms with E-state index in [4.69, 9.17) is 4.74 Å². The number of nitrogens with zero attached hydrogens (tertiary/aromatic N) is 3. The highest BCUT2D eigenvalue weighted by Crippen LogP contribution is 2.27. The number of hydrogen-bond donors (Lipinski definition) is 0. The quantitative estimate of drug-likeness (QED) is 0.866. The topological polar surface area (TPSA) is 38.2 Å². The summed E-state index contributed by atoms with van der Waals surface area (Å²) in [7, 11) is 2.06. The van der Waals surface area contributed by atoms with Crippen molar-refractivity contribution < 1.29 is 4.74 Å². The average Bonchev–Trinajstić information content (AvgIpc) is 3.07. The third-order valence-electron chi connectivity index (χ3n) is 3.45. The molecule has 20 heavy (non-hydrogen) atoms. The van der Waals surface area contributed by atoms with Crippen molar-refractivity contribution in [3.05, 3.63) is 35.2 Å². The SMILES string of the molecule is CC(C)c1nsc(N(C)Cc2ccc3c(c2)CCO3)n1. The molecule has 0 saturated carbocycles. The van der Waals surface area contributed by atoms with Crippen LogP contribution in [0.15, 0.2) is 18.2 Å². The number of fused-ring (bicyclic) bond motifs is 1. The van der Waals surface area contributed by atoms with E-state index in [-0.39, 0.29) is 0 Å². The first-order valence-electron chi connectivity index (χ1n) is 6.93. The van der Waals surface area contributed by atoms with Gasteiger partial charge in [-0.2, -0.15) is 4.37 Å². The zero-order valence-electron chi connectivity index (χ0n) is 12.1. The molecule has 0 fully saturated rings. The van der Waals surface area contributed by atoms with E-state index in [1.54, 1.807) is 0 Å². The molecule has 3 rings (SSSR count). The fourth-order valence-electron chi connectivity index (χ4n) is 2.30. The highest BCUT2D eigenvalue weighted by Gasteiger charge is 2.14. The molecule has 2 heterocycles. The van der Waals surface area contributed by atoms with Gasteiger partial charge in [-0.3, -0.25) is 0 Å². The minimum Gasteiger partial charge on any atom is -0.493 e. The van der Waals surface area contributed by atoms with Gasteiger partial charge in [-0.15, -0.1) is 0 Å². The molecule has 5 heteroatoms. The molecule has 1 aromatic carbocycles. The Bertz CT molecular complexity index is 609. The number of anilines is 1. The van der Waals surface area contributed by atoms with Gasteiger partial charge in [0.25, 0.3) is 0 Å². The molecular weight excluding hydrogens is 270 g/mol. The molecule has 0 N–H and O–H groups in total. The van der Waals surface area contributed by atoms with E-state index in [2.05, 4.69) is 53.4 Å². The van der Waals surface area contributed by atoms with Crippen LogP contribution in [0.2, 0.25) is 0 Å². The summed E-state index contributed by atoms with van der Waals surface area (Å²) in [5.74, 6) is 2.35. The zero-order chi connectivity index (χ0) is 14.1. The van der Waals surface area contributed by atoms with Crippen molar-refractivity contribution in [3.63, 3.8) is 0 Å². The maximum absolute atomic E-state index is 5.54. The second-order valence-electron chi connectivity index (χ2n) is 5.49. The maximum atomic E-state index is 5.54. The maximum Gasteiger partial charge on any atom is 0.205 e. The van der Waals surface area contributed by atoms with Crippen LogP contribution in [-0.2, 0) is 13.0 Å². The smallest absolute Gasteiger partial charge is 0.205 e. The number of benzene rings is 1. The fourth-order valence-corrected chi connectivity index (χ4v) is 3.06. The monoisotopic (exact) mass is 289 g/mol. The average molecular weight is 289 g/mol. The summed E-state index contributed by atoms with van der Waals surface area (Å²) < 4.78 is 9.94. The third kappa shape index (κ3) is 2.63. The molecule has 0 aliphatic carbocycles. The number of rotatable bonds is 4. The van der Waals surface area contributed by atoms with Gasteiger partial charge in [0.05, 0.1) is 6.61 Å². The summed E-state index contributed by atoms with van der Waals surface area (Å²) >= 11 is 1.47. The highest BCUT2D eigenvalue weighted by molar-refractivity contribution is 7.09. The Morgan fingerprint density at radius 2 is 2.25 bits per heavy atom. The van der Waals surface area contributed by atoms with Crippen LogP contribution < -0.4 is 9.64 Å². The number of ether oxygens (including phenoxy) is 1. The van der Waals surface area contributed by atoms with E-state index in [0.717, 1.165) is 36.3 Å². The Balaban J connectivity index is 1.73. The first kappa shape index (κ1) is 13.4. The lowest BCUT2D eigenvalue weighted by molar-refractivity contribution is 0.357. The molecule has 2 aromatic rings. The Labute approximate surface area is 123 Å². The van der Waals surface area contributed by atoms with Crippen molar-refractivity contribution in [1.29, 1.82) is 0 Å². The van der Waals surface area contributed by atoms with Crippen LogP contribution in [0.3, 0.4) is 0 Å². The summed E-state index contributed by atoms with van der Waals surface area (Å²) in [4.78, 5) is 6.74. The van der Waals surface area contributed by atoms with Gasteiger partial charge < -0.3 is 9.64 Å². The highest BCUT2D eigenvalue weighted by atomic mass is 32.1. The Kier molecular flexibility index (Phi) is 3.61. The van der Waals surface area contributed by atoms with E-state index in [1.807, 2.05) is 0 Å². The van der Waals surface area contributed by atoms with Crippen molar-refractivity contribution in [1.82, 2.24) is 9.36 Å². The normalized spacial score (nSPS) is 13.4. The molecule has 0 spiro atoms. The van der Waals surface area contributed by atoms with Gasteiger partial charge in [0.1, 0.15) is 11.6 Å². The van der Waals surface area contributed by atoms with Crippen molar-refractivity contribution in [3.8, 4) is 5.75 Å². The minimum absolute atomic E-state index is 0.380. The molecule has 1 aliphatic heterocycles. The zero-order valence-corrected chi connectivity index (χ0v) is 12.9. The van der Waals surface area contributed by atoms with Crippen molar-refractivity contribution in [2.45, 2.75) is 32.7 Å². The second kappa shape index (κ2) is 5.40. The first-order chi connectivity index (χ1) is 9.63. The van der Waals surface area contributed by atoms with Crippen LogP contribution in [0.4, 0.5) is 5.13 Å². The lowest BCUT2D eigenvalue weighted by Gasteiger charge is -2.15. The lowest BCUT2D eigenvalue weighted by atomic mass is 10.1. The van der Waals surface area contributed by atoms with Crippen molar-refractivity contribution >= 4 is 16.7 Å². The molecule has 1 aliphatic rings. The third-order valence-corrected chi connectivity index (χ3v) is 4.29. The number of hydrogen-bond acceptors (Lipinski definition) is 5. The molecule has 0 unspecified atom stereocenters. The molecule has 0 saturated heterocycles. The Hall–Kier alpha value is -1.62. The molecule has 0 atom stereocenters. The number of aromatic nitrogens is 2. The summed E-state index contributed by atoms with van der Waals surface area (Å²) in [6, 6.07) is 6.44. The van der Waals surface area contributed by atoms with Crippen LogP contribution in [0.25, 0.3) is 0 Å². The van der Waals surface area contributed by atoms with E-state index >= 15 is 0 Å². The first-order valence-corrected chi connectivity index (χ1v) is 7.70. The Morgan fingerprint density at radius 1 is 1.40 bits per heavy atom. The van der Waals surface area contributed by atoms with Gasteiger partial charge in [0.15, 0.2) is 0 Å². The van der Waals surface area contributed by atoms with E-state index in [1.165, 1.54) is 22.7 Å². The lowest BCUT2D eigenvalue weighted by Crippen LogP contribution is -2.16. The summed E-state index contributed by atoms with van der Waals surface area (Å²) in [5, 5.41) is 0.977. The predicted molar refractivity (Wildman–Crippen MR) is 81.7 cm³/mol. The predicted octanol–water partition coefficient (Wildman–Crippen LogP) is 3.23. The van der Waals surface area contributed by atoms with Gasteiger partial charge >= 0.3 is 0 Å². The molecule has 0 bridgehead atoms. The summed E-state index contributed by atoms with van der Waals surface area (Å²) in [6.45, 7) is 5.89. The van der Waals surface area contributed by atoms with Gasteiger partial charge in [-0.05, 0) is 17.2 Å². The minimum atomic E-state index is 0.380. The molecule has 0 radical (unpaired) electrons. The van der Waals surface area contributed by atoms with E-state index in [0.29, 0.717) is 5.92 Å². The van der Waals surface area contributed by atoms with Gasteiger partial charge in [-0.1, -0.05) is 26.0 Å². The fraction of sp³-hybridized carbons (Fsp3) is 0.467. The van der Waals surface area contributed by atoms with Gasteiger partial charge in [0.2, 0.25) is 5.13 Å². The van der Waals surface area contributed by atoms with Crippen LogP contribution in [-0.4, -0.2) is 23.0 Å². The molecule has 4 nitrogen and oxygen atoms in total. The summed E-state index contributed by atoms with van der Waals surface area (Å²) in [5.41, 5.74) is 2.61. The molecule has 1 aromatic heterocycles. The van der Waals surface area contributed by atoms with Gasteiger partial charge in [-0.25, -0.2) is 4.98 Å². The Morgan fingerprint density at radius 3 is 3.00 bits per heavy atom. The molecule has 106 valence electrons. The van der Waals surface area contributed by atoms with E-state index < -0.39 is 0 Å². The van der Waals surface area contributed by atoms with Crippen LogP contribution >= 0.6 is 11.5 Å². The standard InChI is InChI=1S/C15H19N3OS/c1-10(2)14-16-15(20-17-14)18(3)9-11-4-5-13-12(8-11)6-7-19-13/h4-5,8,10H,6-7,9H2,1-3H3. The van der Waals surface area contributed by atoms with E-state index in [9.17, 15) is 0 Å².